The molecule has 142 valence electrons. The van der Waals surface area contributed by atoms with E-state index in [0.717, 1.165) is 5.56 Å². The third-order valence-corrected chi connectivity index (χ3v) is 5.44. The minimum atomic E-state index is -3.82. The normalized spacial score (nSPS) is 11.7. The molecule has 2 aromatic carbocycles. The van der Waals surface area contributed by atoms with Crippen molar-refractivity contribution in [2.45, 2.75) is 32.6 Å². The standard InChI is InChI=1S/C20H23N3O3S/c1-13(2)12-26-20-19(21-16-7-5-6-8-17(16)22-20)23-27(24,25)18-10-9-14(3)11-15(18)4/h5-11,13H,12H2,1-4H3,(H,21,23). The van der Waals surface area contributed by atoms with Gasteiger partial charge in [0.1, 0.15) is 0 Å². The fourth-order valence-electron chi connectivity index (χ4n) is 2.68. The number of aromatic nitrogens is 2. The van der Waals surface area contributed by atoms with E-state index < -0.39 is 10.0 Å². The molecule has 27 heavy (non-hydrogen) atoms. The van der Waals surface area contributed by atoms with E-state index in [1.165, 1.54) is 0 Å². The fraction of sp³-hybridized carbons (Fsp3) is 0.300. The second-order valence-electron chi connectivity index (χ2n) is 6.95. The van der Waals surface area contributed by atoms with Gasteiger partial charge in [-0.2, -0.15) is 0 Å². The lowest BCUT2D eigenvalue weighted by molar-refractivity contribution is 0.263. The quantitative estimate of drug-likeness (QED) is 0.691. The molecule has 0 aliphatic carbocycles. The minimum Gasteiger partial charge on any atom is -0.475 e. The molecule has 0 atom stereocenters. The Bertz CT molecular complexity index is 1080. The van der Waals surface area contributed by atoms with Crippen molar-refractivity contribution in [1.29, 1.82) is 0 Å². The maximum Gasteiger partial charge on any atom is 0.263 e. The lowest BCUT2D eigenvalue weighted by atomic mass is 10.2. The summed E-state index contributed by atoms with van der Waals surface area (Å²) < 4.78 is 34.1. The number of anilines is 1. The second-order valence-corrected chi connectivity index (χ2v) is 8.60. The van der Waals surface area contributed by atoms with Crippen LogP contribution in [0.5, 0.6) is 5.88 Å². The Morgan fingerprint density at radius 1 is 1.04 bits per heavy atom. The molecule has 3 aromatic rings. The topological polar surface area (TPSA) is 81.2 Å². The Morgan fingerprint density at radius 2 is 1.70 bits per heavy atom. The van der Waals surface area contributed by atoms with Gasteiger partial charge in [-0.25, -0.2) is 18.4 Å². The number of hydrogen-bond acceptors (Lipinski definition) is 5. The first-order valence-electron chi connectivity index (χ1n) is 8.76. The molecular weight excluding hydrogens is 362 g/mol. The Hall–Kier alpha value is -2.67. The van der Waals surface area contributed by atoms with Crippen LogP contribution in [0.1, 0.15) is 25.0 Å². The van der Waals surface area contributed by atoms with E-state index in [1.807, 2.05) is 45.0 Å². The highest BCUT2D eigenvalue weighted by atomic mass is 32.2. The van der Waals surface area contributed by atoms with Crippen LogP contribution in [0.15, 0.2) is 47.4 Å². The molecule has 0 unspecified atom stereocenters. The number of sulfonamides is 1. The van der Waals surface area contributed by atoms with Crippen molar-refractivity contribution in [2.75, 3.05) is 11.3 Å². The maximum absolute atomic E-state index is 12.9. The molecule has 1 aromatic heterocycles. The van der Waals surface area contributed by atoms with Crippen LogP contribution in [0.3, 0.4) is 0 Å². The molecule has 6 nitrogen and oxygen atoms in total. The Balaban J connectivity index is 2.04. The number of benzene rings is 2. The van der Waals surface area contributed by atoms with Crippen molar-refractivity contribution in [1.82, 2.24) is 9.97 Å². The van der Waals surface area contributed by atoms with Gasteiger partial charge in [0.15, 0.2) is 0 Å². The maximum atomic E-state index is 12.9. The van der Waals surface area contributed by atoms with Gasteiger partial charge in [-0.05, 0) is 43.5 Å². The predicted molar refractivity (Wildman–Crippen MR) is 107 cm³/mol. The molecule has 0 fully saturated rings. The number of aryl methyl sites for hydroxylation is 2. The van der Waals surface area contributed by atoms with E-state index in [4.69, 9.17) is 4.74 Å². The number of para-hydroxylation sites is 2. The summed E-state index contributed by atoms with van der Waals surface area (Å²) in [5.41, 5.74) is 2.90. The van der Waals surface area contributed by atoms with Crippen LogP contribution in [0.4, 0.5) is 5.82 Å². The molecule has 0 saturated heterocycles. The molecule has 0 aliphatic rings. The fourth-order valence-corrected chi connectivity index (χ4v) is 3.91. The smallest absolute Gasteiger partial charge is 0.263 e. The summed E-state index contributed by atoms with van der Waals surface area (Å²) in [6, 6.07) is 12.5. The molecule has 1 N–H and O–H groups in total. The van der Waals surface area contributed by atoms with Crippen LogP contribution in [-0.2, 0) is 10.0 Å². The highest BCUT2D eigenvalue weighted by Crippen LogP contribution is 2.27. The average molecular weight is 385 g/mol. The Kier molecular flexibility index (Phi) is 5.32. The van der Waals surface area contributed by atoms with E-state index in [2.05, 4.69) is 14.7 Å². The third-order valence-electron chi connectivity index (χ3n) is 3.94. The Morgan fingerprint density at radius 3 is 2.33 bits per heavy atom. The van der Waals surface area contributed by atoms with Gasteiger partial charge in [0.05, 0.1) is 22.5 Å². The summed E-state index contributed by atoms with van der Waals surface area (Å²) in [7, 11) is -3.82. The molecule has 0 amide bonds. The number of rotatable bonds is 6. The van der Waals surface area contributed by atoms with Gasteiger partial charge >= 0.3 is 0 Å². The van der Waals surface area contributed by atoms with Crippen LogP contribution in [0.25, 0.3) is 11.0 Å². The van der Waals surface area contributed by atoms with Crippen molar-refractivity contribution >= 4 is 26.9 Å². The Labute approximate surface area is 159 Å². The van der Waals surface area contributed by atoms with E-state index >= 15 is 0 Å². The van der Waals surface area contributed by atoms with Crippen LogP contribution in [0, 0.1) is 19.8 Å². The molecule has 0 bridgehead atoms. The SMILES string of the molecule is Cc1ccc(S(=O)(=O)Nc2nc3ccccc3nc2OCC(C)C)c(C)c1. The van der Waals surface area contributed by atoms with Crippen LogP contribution >= 0.6 is 0 Å². The van der Waals surface area contributed by atoms with E-state index in [1.54, 1.807) is 25.1 Å². The van der Waals surface area contributed by atoms with Crippen molar-refractivity contribution in [2.24, 2.45) is 5.92 Å². The van der Waals surface area contributed by atoms with Gasteiger partial charge in [-0.1, -0.05) is 43.7 Å². The molecule has 1 heterocycles. The van der Waals surface area contributed by atoms with Crippen LogP contribution in [-0.4, -0.2) is 25.0 Å². The monoisotopic (exact) mass is 385 g/mol. The summed E-state index contributed by atoms with van der Waals surface area (Å²) in [5.74, 6) is 0.534. The van der Waals surface area contributed by atoms with E-state index in [0.29, 0.717) is 23.2 Å². The molecular formula is C20H23N3O3S. The number of ether oxygens (including phenoxy) is 1. The summed E-state index contributed by atoms with van der Waals surface area (Å²) in [4.78, 5) is 9.09. The number of hydrogen-bond donors (Lipinski definition) is 1. The molecule has 0 aliphatic heterocycles. The van der Waals surface area contributed by atoms with Gasteiger partial charge in [0.2, 0.25) is 5.82 Å². The molecule has 0 saturated carbocycles. The van der Waals surface area contributed by atoms with Crippen molar-refractivity contribution in [3.05, 3.63) is 53.6 Å². The summed E-state index contributed by atoms with van der Waals surface area (Å²) in [5, 5.41) is 0. The van der Waals surface area contributed by atoms with Gasteiger partial charge in [-0.15, -0.1) is 0 Å². The van der Waals surface area contributed by atoms with Crippen LogP contribution < -0.4 is 9.46 Å². The van der Waals surface area contributed by atoms with Crippen LogP contribution in [0.2, 0.25) is 0 Å². The minimum absolute atomic E-state index is 0.0920. The first-order valence-corrected chi connectivity index (χ1v) is 10.2. The van der Waals surface area contributed by atoms with E-state index in [9.17, 15) is 8.42 Å². The zero-order valence-electron chi connectivity index (χ0n) is 15.9. The second kappa shape index (κ2) is 7.52. The lowest BCUT2D eigenvalue weighted by Crippen LogP contribution is -2.17. The van der Waals surface area contributed by atoms with Gasteiger partial charge in [-0.3, -0.25) is 4.72 Å². The molecule has 0 radical (unpaired) electrons. The molecule has 3 rings (SSSR count). The predicted octanol–water partition coefficient (Wildman–Crippen LogP) is 4.08. The van der Waals surface area contributed by atoms with Crippen molar-refractivity contribution < 1.29 is 13.2 Å². The zero-order chi connectivity index (χ0) is 19.6. The number of nitrogens with zero attached hydrogens (tertiary/aromatic N) is 2. The number of nitrogens with one attached hydrogen (secondary N) is 1. The highest BCUT2D eigenvalue weighted by Gasteiger charge is 2.21. The number of fused-ring (bicyclic) bond motifs is 1. The largest absolute Gasteiger partial charge is 0.475 e. The highest BCUT2D eigenvalue weighted by molar-refractivity contribution is 7.92. The summed E-state index contributed by atoms with van der Waals surface area (Å²) in [6.45, 7) is 8.11. The third kappa shape index (κ3) is 4.36. The molecule has 0 spiro atoms. The first-order chi connectivity index (χ1) is 12.8. The van der Waals surface area contributed by atoms with Crippen molar-refractivity contribution in [3.8, 4) is 5.88 Å². The van der Waals surface area contributed by atoms with Gasteiger partial charge in [0, 0.05) is 0 Å². The van der Waals surface area contributed by atoms with Gasteiger partial charge < -0.3 is 4.74 Å². The first kappa shape index (κ1) is 19.1. The van der Waals surface area contributed by atoms with Crippen molar-refractivity contribution in [3.63, 3.8) is 0 Å². The lowest BCUT2D eigenvalue weighted by Gasteiger charge is -2.15. The van der Waals surface area contributed by atoms with E-state index in [-0.39, 0.29) is 22.5 Å². The van der Waals surface area contributed by atoms with Gasteiger partial charge in [0.25, 0.3) is 15.9 Å². The molecule has 7 heteroatoms. The summed E-state index contributed by atoms with van der Waals surface area (Å²) in [6.07, 6.45) is 0. The average Bonchev–Trinajstić information content (AvgIpc) is 2.59. The summed E-state index contributed by atoms with van der Waals surface area (Å²) >= 11 is 0. The zero-order valence-corrected chi connectivity index (χ0v) is 16.7.